The molecule has 0 atom stereocenters. The number of furan rings is 1. The summed E-state index contributed by atoms with van der Waals surface area (Å²) in [6, 6.07) is 6.16. The zero-order valence-electron chi connectivity index (χ0n) is 9.76. The summed E-state index contributed by atoms with van der Waals surface area (Å²) in [6.45, 7) is 0.404. The fourth-order valence-corrected chi connectivity index (χ4v) is 1.79. The largest absolute Gasteiger partial charge is 0.507 e. The van der Waals surface area contributed by atoms with Crippen LogP contribution >= 0.6 is 11.6 Å². The second-order valence-corrected chi connectivity index (χ2v) is 4.39. The summed E-state index contributed by atoms with van der Waals surface area (Å²) in [6.07, 6.45) is 3.12. The Morgan fingerprint density at radius 2 is 2.22 bits per heavy atom. The molecule has 1 amide bonds. The SMILES string of the molecule is CN(Cc1ccoc1)C(=O)c1cc(Cl)ccc1O. The third-order valence-electron chi connectivity index (χ3n) is 2.54. The number of phenolic OH excluding ortho intramolecular Hbond substituents is 1. The molecule has 4 nitrogen and oxygen atoms in total. The first-order valence-corrected chi connectivity index (χ1v) is 5.71. The van der Waals surface area contributed by atoms with Gasteiger partial charge in [-0.25, -0.2) is 0 Å². The number of carbonyl (C=O) groups is 1. The minimum absolute atomic E-state index is 0.0801. The lowest BCUT2D eigenvalue weighted by atomic mass is 10.1. The maximum Gasteiger partial charge on any atom is 0.257 e. The van der Waals surface area contributed by atoms with E-state index in [-0.39, 0.29) is 17.2 Å². The van der Waals surface area contributed by atoms with E-state index in [1.807, 2.05) is 0 Å². The molecular formula is C13H12ClNO3. The molecular weight excluding hydrogens is 254 g/mol. The van der Waals surface area contributed by atoms with Gasteiger partial charge in [-0.05, 0) is 24.3 Å². The van der Waals surface area contributed by atoms with Crippen LogP contribution in [0.5, 0.6) is 5.75 Å². The Labute approximate surface area is 109 Å². The second-order valence-electron chi connectivity index (χ2n) is 3.95. The van der Waals surface area contributed by atoms with E-state index in [2.05, 4.69) is 0 Å². The molecule has 5 heteroatoms. The highest BCUT2D eigenvalue weighted by molar-refractivity contribution is 6.31. The molecule has 1 heterocycles. The maximum atomic E-state index is 12.1. The Morgan fingerprint density at radius 1 is 1.44 bits per heavy atom. The Bertz CT molecular complexity index is 551. The van der Waals surface area contributed by atoms with Gasteiger partial charge in [0.05, 0.1) is 18.1 Å². The molecule has 1 aromatic carbocycles. The van der Waals surface area contributed by atoms with E-state index in [1.165, 1.54) is 23.1 Å². The van der Waals surface area contributed by atoms with Crippen molar-refractivity contribution in [3.05, 3.63) is 52.9 Å². The van der Waals surface area contributed by atoms with Crippen molar-refractivity contribution in [2.45, 2.75) is 6.54 Å². The van der Waals surface area contributed by atoms with Gasteiger partial charge in [0.2, 0.25) is 0 Å². The fraction of sp³-hybridized carbons (Fsp3) is 0.154. The van der Waals surface area contributed by atoms with Crippen LogP contribution in [0, 0.1) is 0 Å². The van der Waals surface area contributed by atoms with Gasteiger partial charge in [-0.2, -0.15) is 0 Å². The molecule has 0 unspecified atom stereocenters. The molecule has 0 aliphatic heterocycles. The number of hydrogen-bond donors (Lipinski definition) is 1. The van der Waals surface area contributed by atoms with Crippen LogP contribution in [0.2, 0.25) is 5.02 Å². The molecule has 0 radical (unpaired) electrons. The fourth-order valence-electron chi connectivity index (χ4n) is 1.61. The average molecular weight is 266 g/mol. The van der Waals surface area contributed by atoms with Gasteiger partial charge in [-0.3, -0.25) is 4.79 Å². The van der Waals surface area contributed by atoms with Crippen molar-refractivity contribution in [2.24, 2.45) is 0 Å². The number of phenols is 1. The molecule has 1 aromatic heterocycles. The average Bonchev–Trinajstić information content (AvgIpc) is 2.84. The number of halogens is 1. The molecule has 0 aliphatic carbocycles. The maximum absolute atomic E-state index is 12.1. The molecule has 1 N–H and O–H groups in total. The Kier molecular flexibility index (Phi) is 3.58. The van der Waals surface area contributed by atoms with Gasteiger partial charge in [-0.15, -0.1) is 0 Å². The molecule has 0 saturated heterocycles. The summed E-state index contributed by atoms with van der Waals surface area (Å²) in [7, 11) is 1.65. The first kappa shape index (κ1) is 12.5. The lowest BCUT2D eigenvalue weighted by molar-refractivity contribution is 0.0782. The zero-order chi connectivity index (χ0) is 13.1. The van der Waals surface area contributed by atoms with Crippen molar-refractivity contribution in [1.82, 2.24) is 4.90 Å². The molecule has 2 aromatic rings. The number of aromatic hydroxyl groups is 1. The molecule has 0 fully saturated rings. The first-order chi connectivity index (χ1) is 8.58. The number of amides is 1. The van der Waals surface area contributed by atoms with E-state index in [4.69, 9.17) is 16.0 Å². The van der Waals surface area contributed by atoms with E-state index in [0.717, 1.165) is 5.56 Å². The van der Waals surface area contributed by atoms with Crippen LogP contribution < -0.4 is 0 Å². The van der Waals surface area contributed by atoms with Gasteiger partial charge in [0.1, 0.15) is 5.75 Å². The van der Waals surface area contributed by atoms with Gasteiger partial charge >= 0.3 is 0 Å². The number of benzene rings is 1. The minimum Gasteiger partial charge on any atom is -0.507 e. The lowest BCUT2D eigenvalue weighted by Crippen LogP contribution is -2.26. The van der Waals surface area contributed by atoms with Gasteiger partial charge in [0.25, 0.3) is 5.91 Å². The number of carbonyl (C=O) groups excluding carboxylic acids is 1. The van der Waals surface area contributed by atoms with Crippen LogP contribution in [0.4, 0.5) is 0 Å². The minimum atomic E-state index is -0.295. The quantitative estimate of drug-likeness (QED) is 0.928. The van der Waals surface area contributed by atoms with Crippen LogP contribution in [-0.4, -0.2) is 23.0 Å². The molecule has 0 aliphatic rings. The highest BCUT2D eigenvalue weighted by Gasteiger charge is 2.16. The summed E-state index contributed by atoms with van der Waals surface area (Å²) in [5, 5.41) is 10.1. The van der Waals surface area contributed by atoms with Crippen molar-refractivity contribution < 1.29 is 14.3 Å². The second kappa shape index (κ2) is 5.14. The van der Waals surface area contributed by atoms with E-state index >= 15 is 0 Å². The van der Waals surface area contributed by atoms with Gasteiger partial charge in [0.15, 0.2) is 0 Å². The summed E-state index contributed by atoms with van der Waals surface area (Å²) < 4.78 is 4.94. The van der Waals surface area contributed by atoms with E-state index in [9.17, 15) is 9.90 Å². The first-order valence-electron chi connectivity index (χ1n) is 5.33. The standard InChI is InChI=1S/C13H12ClNO3/c1-15(7-9-4-5-18-8-9)13(17)11-6-10(14)2-3-12(11)16/h2-6,8,16H,7H2,1H3. The van der Waals surface area contributed by atoms with Crippen LogP contribution in [0.25, 0.3) is 0 Å². The third kappa shape index (κ3) is 2.65. The van der Waals surface area contributed by atoms with Crippen molar-refractivity contribution >= 4 is 17.5 Å². The molecule has 0 saturated carbocycles. The lowest BCUT2D eigenvalue weighted by Gasteiger charge is -2.17. The van der Waals surface area contributed by atoms with Crippen molar-refractivity contribution in [1.29, 1.82) is 0 Å². The third-order valence-corrected chi connectivity index (χ3v) is 2.77. The normalized spacial score (nSPS) is 10.3. The van der Waals surface area contributed by atoms with E-state index < -0.39 is 0 Å². The van der Waals surface area contributed by atoms with Crippen LogP contribution in [0.1, 0.15) is 15.9 Å². The van der Waals surface area contributed by atoms with Crippen molar-refractivity contribution in [3.8, 4) is 5.75 Å². The smallest absolute Gasteiger partial charge is 0.257 e. The highest BCUT2D eigenvalue weighted by atomic mass is 35.5. The number of rotatable bonds is 3. The van der Waals surface area contributed by atoms with E-state index in [1.54, 1.807) is 25.6 Å². The Balaban J connectivity index is 2.17. The molecule has 94 valence electrons. The Morgan fingerprint density at radius 3 is 2.89 bits per heavy atom. The number of nitrogens with zero attached hydrogens (tertiary/aromatic N) is 1. The monoisotopic (exact) mass is 265 g/mol. The molecule has 18 heavy (non-hydrogen) atoms. The van der Waals surface area contributed by atoms with Crippen LogP contribution in [0.3, 0.4) is 0 Å². The molecule has 0 spiro atoms. The van der Waals surface area contributed by atoms with Gasteiger partial charge < -0.3 is 14.4 Å². The summed E-state index contributed by atoms with van der Waals surface area (Å²) in [4.78, 5) is 13.6. The zero-order valence-corrected chi connectivity index (χ0v) is 10.5. The molecule has 2 rings (SSSR count). The summed E-state index contributed by atoms with van der Waals surface area (Å²) in [5.74, 6) is -0.375. The predicted molar refractivity (Wildman–Crippen MR) is 67.6 cm³/mol. The van der Waals surface area contributed by atoms with Crippen LogP contribution in [-0.2, 0) is 6.54 Å². The van der Waals surface area contributed by atoms with E-state index in [0.29, 0.717) is 11.6 Å². The summed E-state index contributed by atoms with van der Waals surface area (Å²) in [5.41, 5.74) is 1.07. The van der Waals surface area contributed by atoms with Gasteiger partial charge in [0, 0.05) is 24.2 Å². The van der Waals surface area contributed by atoms with Gasteiger partial charge in [-0.1, -0.05) is 11.6 Å². The van der Waals surface area contributed by atoms with Crippen molar-refractivity contribution in [3.63, 3.8) is 0 Å². The van der Waals surface area contributed by atoms with Crippen LogP contribution in [0.15, 0.2) is 41.2 Å². The molecule has 0 bridgehead atoms. The summed E-state index contributed by atoms with van der Waals surface area (Å²) >= 11 is 5.81. The van der Waals surface area contributed by atoms with Crippen molar-refractivity contribution in [2.75, 3.05) is 7.05 Å². The Hall–Kier alpha value is -1.94. The predicted octanol–water partition coefficient (Wildman–Crippen LogP) is 2.91. The topological polar surface area (TPSA) is 53.7 Å². The highest BCUT2D eigenvalue weighted by Crippen LogP contribution is 2.23. The number of hydrogen-bond acceptors (Lipinski definition) is 3.